The molecule has 1 rings (SSSR count). The van der Waals surface area contributed by atoms with Gasteiger partial charge in [0, 0.05) is 5.69 Å². The zero-order chi connectivity index (χ0) is 12.8. The predicted octanol–water partition coefficient (Wildman–Crippen LogP) is 0.950. The summed E-state index contributed by atoms with van der Waals surface area (Å²) in [6, 6.07) is 7.42. The lowest BCUT2D eigenvalue weighted by molar-refractivity contribution is -0.138. The van der Waals surface area contributed by atoms with E-state index in [-0.39, 0.29) is 19.0 Å². The minimum atomic E-state index is -0.948. The van der Waals surface area contributed by atoms with E-state index in [1.807, 2.05) is 31.2 Å². The largest absolute Gasteiger partial charge is 0.480 e. The van der Waals surface area contributed by atoms with Gasteiger partial charge in [-0.3, -0.25) is 14.5 Å². The van der Waals surface area contributed by atoms with Gasteiger partial charge < -0.3 is 10.4 Å². The molecule has 0 atom stereocenters. The third-order valence-corrected chi connectivity index (χ3v) is 2.15. The van der Waals surface area contributed by atoms with Crippen LogP contribution >= 0.6 is 0 Å². The zero-order valence-corrected chi connectivity index (χ0v) is 9.93. The summed E-state index contributed by atoms with van der Waals surface area (Å²) in [5.74, 6) is -1.17. The first-order valence-corrected chi connectivity index (χ1v) is 5.24. The van der Waals surface area contributed by atoms with Crippen LogP contribution in [0.3, 0.4) is 0 Å². The van der Waals surface area contributed by atoms with Gasteiger partial charge in [0.2, 0.25) is 5.91 Å². The van der Waals surface area contributed by atoms with Gasteiger partial charge >= 0.3 is 5.97 Å². The second-order valence-corrected chi connectivity index (χ2v) is 3.98. The van der Waals surface area contributed by atoms with Crippen molar-refractivity contribution < 1.29 is 14.7 Å². The molecular weight excluding hydrogens is 220 g/mol. The maximum absolute atomic E-state index is 11.5. The number of anilines is 1. The number of likely N-dealkylation sites (N-methyl/N-ethyl adjacent to an activating group) is 1. The molecule has 5 heteroatoms. The Morgan fingerprint density at radius 3 is 2.35 bits per heavy atom. The Balaban J connectivity index is 2.44. The van der Waals surface area contributed by atoms with Crippen LogP contribution in [0.15, 0.2) is 24.3 Å². The Bertz CT molecular complexity index is 401. The Hall–Kier alpha value is -1.88. The molecule has 0 bridgehead atoms. The molecule has 1 aromatic rings. The average molecular weight is 236 g/mol. The number of hydrogen-bond donors (Lipinski definition) is 2. The van der Waals surface area contributed by atoms with Crippen molar-refractivity contribution in [2.24, 2.45) is 0 Å². The Morgan fingerprint density at radius 1 is 1.24 bits per heavy atom. The predicted molar refractivity (Wildman–Crippen MR) is 64.9 cm³/mol. The molecule has 0 aliphatic heterocycles. The van der Waals surface area contributed by atoms with E-state index in [4.69, 9.17) is 5.11 Å². The number of carbonyl (C=O) groups excluding carboxylic acids is 1. The zero-order valence-electron chi connectivity index (χ0n) is 9.93. The maximum Gasteiger partial charge on any atom is 0.317 e. The van der Waals surface area contributed by atoms with E-state index in [1.165, 1.54) is 4.90 Å². The number of benzene rings is 1. The Labute approximate surface area is 100 Å². The number of nitrogens with zero attached hydrogens (tertiary/aromatic N) is 1. The van der Waals surface area contributed by atoms with Crippen LogP contribution in [0.5, 0.6) is 0 Å². The lowest BCUT2D eigenvalue weighted by atomic mass is 10.2. The van der Waals surface area contributed by atoms with Crippen LogP contribution in [0.2, 0.25) is 0 Å². The minimum absolute atomic E-state index is 0.0557. The van der Waals surface area contributed by atoms with Crippen LogP contribution in [0.4, 0.5) is 5.69 Å². The molecule has 17 heavy (non-hydrogen) atoms. The summed E-state index contributed by atoms with van der Waals surface area (Å²) in [5, 5.41) is 11.2. The fourth-order valence-corrected chi connectivity index (χ4v) is 1.37. The Kier molecular flexibility index (Phi) is 4.66. The van der Waals surface area contributed by atoms with E-state index in [9.17, 15) is 9.59 Å². The van der Waals surface area contributed by atoms with Gasteiger partial charge in [-0.2, -0.15) is 0 Å². The molecule has 92 valence electrons. The van der Waals surface area contributed by atoms with E-state index >= 15 is 0 Å². The molecule has 0 heterocycles. The number of hydrogen-bond acceptors (Lipinski definition) is 3. The molecule has 0 aliphatic rings. The molecule has 0 saturated carbocycles. The third-order valence-electron chi connectivity index (χ3n) is 2.15. The minimum Gasteiger partial charge on any atom is -0.480 e. The summed E-state index contributed by atoms with van der Waals surface area (Å²) < 4.78 is 0. The topological polar surface area (TPSA) is 69.6 Å². The van der Waals surface area contributed by atoms with Crippen molar-refractivity contribution >= 4 is 17.6 Å². The maximum atomic E-state index is 11.5. The highest BCUT2D eigenvalue weighted by atomic mass is 16.4. The number of carboxylic acids is 1. The highest BCUT2D eigenvalue weighted by Crippen LogP contribution is 2.08. The summed E-state index contributed by atoms with van der Waals surface area (Å²) in [5.41, 5.74) is 1.83. The second kappa shape index (κ2) is 6.00. The van der Waals surface area contributed by atoms with Crippen molar-refractivity contribution in [3.8, 4) is 0 Å². The monoisotopic (exact) mass is 236 g/mol. The van der Waals surface area contributed by atoms with E-state index in [0.29, 0.717) is 5.69 Å². The standard InChI is InChI=1S/C12H16N2O3/c1-9-3-5-10(6-4-9)13-11(15)7-14(2)8-12(16)17/h3-6H,7-8H2,1-2H3,(H,13,15)(H,16,17). The van der Waals surface area contributed by atoms with Crippen LogP contribution < -0.4 is 5.32 Å². The van der Waals surface area contributed by atoms with Gasteiger partial charge in [0.1, 0.15) is 0 Å². The molecule has 0 radical (unpaired) electrons. The highest BCUT2D eigenvalue weighted by Gasteiger charge is 2.09. The van der Waals surface area contributed by atoms with Crippen molar-refractivity contribution in [2.75, 3.05) is 25.5 Å². The molecular formula is C12H16N2O3. The normalized spacial score (nSPS) is 10.3. The summed E-state index contributed by atoms with van der Waals surface area (Å²) in [6.45, 7) is 1.87. The first-order chi connectivity index (χ1) is 7.97. The first-order valence-electron chi connectivity index (χ1n) is 5.24. The summed E-state index contributed by atoms with van der Waals surface area (Å²) in [6.07, 6.45) is 0. The van der Waals surface area contributed by atoms with Crippen molar-refractivity contribution in [3.63, 3.8) is 0 Å². The molecule has 0 fully saturated rings. The summed E-state index contributed by atoms with van der Waals surface area (Å²) in [7, 11) is 1.59. The quantitative estimate of drug-likeness (QED) is 0.798. The lowest BCUT2D eigenvalue weighted by Crippen LogP contribution is -2.33. The number of nitrogens with one attached hydrogen (secondary N) is 1. The molecule has 0 aromatic heterocycles. The van der Waals surface area contributed by atoms with E-state index in [1.54, 1.807) is 7.05 Å². The smallest absolute Gasteiger partial charge is 0.317 e. The van der Waals surface area contributed by atoms with Crippen molar-refractivity contribution in [2.45, 2.75) is 6.92 Å². The van der Waals surface area contributed by atoms with Crippen molar-refractivity contribution in [1.82, 2.24) is 4.90 Å². The SMILES string of the molecule is Cc1ccc(NC(=O)CN(C)CC(=O)O)cc1. The number of aryl methyl sites for hydroxylation is 1. The number of amides is 1. The molecule has 0 spiro atoms. The van der Waals surface area contributed by atoms with Crippen LogP contribution in [0.1, 0.15) is 5.56 Å². The fourth-order valence-electron chi connectivity index (χ4n) is 1.37. The Morgan fingerprint density at radius 2 is 1.82 bits per heavy atom. The van der Waals surface area contributed by atoms with Gasteiger partial charge in [-0.25, -0.2) is 0 Å². The summed E-state index contributed by atoms with van der Waals surface area (Å²) in [4.78, 5) is 23.4. The number of rotatable bonds is 5. The molecule has 5 nitrogen and oxygen atoms in total. The van der Waals surface area contributed by atoms with Crippen LogP contribution in [0, 0.1) is 6.92 Å². The van der Waals surface area contributed by atoms with E-state index in [0.717, 1.165) is 5.56 Å². The molecule has 1 amide bonds. The van der Waals surface area contributed by atoms with Gasteiger partial charge in [-0.1, -0.05) is 17.7 Å². The van der Waals surface area contributed by atoms with Gasteiger partial charge in [0.25, 0.3) is 0 Å². The molecule has 1 aromatic carbocycles. The summed E-state index contributed by atoms with van der Waals surface area (Å²) >= 11 is 0. The van der Waals surface area contributed by atoms with Crippen molar-refractivity contribution in [3.05, 3.63) is 29.8 Å². The number of carboxylic acid groups (broad SMARTS) is 1. The van der Waals surface area contributed by atoms with Gasteiger partial charge in [0.05, 0.1) is 13.1 Å². The molecule has 0 aliphatic carbocycles. The van der Waals surface area contributed by atoms with Gasteiger partial charge in [-0.05, 0) is 26.1 Å². The van der Waals surface area contributed by atoms with E-state index in [2.05, 4.69) is 5.32 Å². The van der Waals surface area contributed by atoms with Gasteiger partial charge in [0.15, 0.2) is 0 Å². The molecule has 2 N–H and O–H groups in total. The van der Waals surface area contributed by atoms with Gasteiger partial charge in [-0.15, -0.1) is 0 Å². The van der Waals surface area contributed by atoms with Crippen molar-refractivity contribution in [1.29, 1.82) is 0 Å². The second-order valence-electron chi connectivity index (χ2n) is 3.98. The van der Waals surface area contributed by atoms with Crippen LogP contribution in [-0.2, 0) is 9.59 Å². The van der Waals surface area contributed by atoms with E-state index < -0.39 is 5.97 Å². The number of aliphatic carboxylic acids is 1. The average Bonchev–Trinajstić information content (AvgIpc) is 2.19. The lowest BCUT2D eigenvalue weighted by Gasteiger charge is -2.13. The first kappa shape index (κ1) is 13.2. The van der Waals surface area contributed by atoms with Crippen LogP contribution in [-0.4, -0.2) is 42.0 Å². The third kappa shape index (κ3) is 5.12. The number of carbonyl (C=O) groups is 2. The molecule has 0 saturated heterocycles. The fraction of sp³-hybridized carbons (Fsp3) is 0.333. The van der Waals surface area contributed by atoms with Crippen LogP contribution in [0.25, 0.3) is 0 Å². The molecule has 0 unspecified atom stereocenters. The highest BCUT2D eigenvalue weighted by molar-refractivity contribution is 5.92.